The molecule has 0 aliphatic carbocycles. The molecule has 1 atom stereocenters. The molecule has 29 heavy (non-hydrogen) atoms. The Labute approximate surface area is 179 Å². The summed E-state index contributed by atoms with van der Waals surface area (Å²) in [6.45, 7) is 14.3. The highest BCUT2D eigenvalue weighted by molar-refractivity contribution is 5.29. The van der Waals surface area contributed by atoms with E-state index in [0.717, 1.165) is 18.4 Å². The number of hydrogen-bond acceptors (Lipinski definition) is 4. The van der Waals surface area contributed by atoms with Gasteiger partial charge in [-0.1, -0.05) is 57.6 Å². The minimum absolute atomic E-state index is 0.0448. The maximum absolute atomic E-state index is 9.78. The molecule has 0 aliphatic heterocycles. The van der Waals surface area contributed by atoms with E-state index in [4.69, 9.17) is 14.2 Å². The number of aromatic hydroxyl groups is 1. The van der Waals surface area contributed by atoms with E-state index in [-0.39, 0.29) is 30.0 Å². The average Bonchev–Trinajstić information content (AvgIpc) is 2.60. The molecule has 4 heteroatoms. The maximum atomic E-state index is 9.78. The summed E-state index contributed by atoms with van der Waals surface area (Å²) in [5, 5.41) is 9.78. The molecule has 0 amide bonds. The molecule has 1 aromatic rings. The Bertz CT molecular complexity index is 510. The molecular weight excluding hydrogens is 364 g/mol. The number of hydrogen-bond donors (Lipinski definition) is 1. The molecular formula is C25H44O4. The van der Waals surface area contributed by atoms with Crippen molar-refractivity contribution in [3.63, 3.8) is 0 Å². The van der Waals surface area contributed by atoms with Crippen LogP contribution in [0.25, 0.3) is 0 Å². The summed E-state index contributed by atoms with van der Waals surface area (Å²) in [4.78, 5) is 0. The van der Waals surface area contributed by atoms with E-state index in [1.165, 1.54) is 32.1 Å². The number of rotatable bonds is 15. The summed E-state index contributed by atoms with van der Waals surface area (Å²) in [7, 11) is 0. The standard InChI is InChI=1S/C25H44O4/c1-8-9-10-11-12-13-14-24(22-15-17-23(26)18-16-22)25(27-19(2)3,28-20(4)5)29-21(6)7/h15-21,24,26H,8-14H2,1-7H3. The first-order valence-corrected chi connectivity index (χ1v) is 11.5. The van der Waals surface area contributed by atoms with Crippen molar-refractivity contribution in [2.45, 2.75) is 124 Å². The second-order valence-electron chi connectivity index (χ2n) is 8.80. The summed E-state index contributed by atoms with van der Waals surface area (Å²) < 4.78 is 19.2. The average molecular weight is 409 g/mol. The second kappa shape index (κ2) is 13.3. The zero-order valence-corrected chi connectivity index (χ0v) is 19.7. The molecule has 0 bridgehead atoms. The van der Waals surface area contributed by atoms with Crippen molar-refractivity contribution >= 4 is 0 Å². The third kappa shape index (κ3) is 9.50. The van der Waals surface area contributed by atoms with Crippen molar-refractivity contribution in [1.29, 1.82) is 0 Å². The van der Waals surface area contributed by atoms with Crippen LogP contribution in [0.3, 0.4) is 0 Å². The van der Waals surface area contributed by atoms with E-state index < -0.39 is 5.97 Å². The first-order chi connectivity index (χ1) is 13.7. The number of phenols is 1. The van der Waals surface area contributed by atoms with Crippen LogP contribution in [-0.4, -0.2) is 29.4 Å². The van der Waals surface area contributed by atoms with Crippen molar-refractivity contribution in [3.05, 3.63) is 29.8 Å². The lowest BCUT2D eigenvalue weighted by Gasteiger charge is -2.43. The van der Waals surface area contributed by atoms with Crippen molar-refractivity contribution in [1.82, 2.24) is 0 Å². The molecule has 0 fully saturated rings. The van der Waals surface area contributed by atoms with E-state index in [1.54, 1.807) is 12.1 Å². The highest BCUT2D eigenvalue weighted by atomic mass is 16.9. The molecule has 168 valence electrons. The molecule has 0 radical (unpaired) electrons. The summed E-state index contributed by atoms with van der Waals surface area (Å²) in [5.74, 6) is -0.977. The molecule has 0 saturated heterocycles. The third-order valence-electron chi connectivity index (χ3n) is 4.77. The van der Waals surface area contributed by atoms with Gasteiger partial charge >= 0.3 is 0 Å². The quantitative estimate of drug-likeness (QED) is 0.247. The fourth-order valence-electron chi connectivity index (χ4n) is 3.70. The fourth-order valence-corrected chi connectivity index (χ4v) is 3.70. The van der Waals surface area contributed by atoms with Gasteiger partial charge < -0.3 is 19.3 Å². The zero-order valence-electron chi connectivity index (χ0n) is 19.7. The molecule has 4 nitrogen and oxygen atoms in total. The molecule has 0 heterocycles. The van der Waals surface area contributed by atoms with Gasteiger partial charge in [-0.05, 0) is 65.7 Å². The fraction of sp³-hybridized carbons (Fsp3) is 0.760. The summed E-state index contributed by atoms with van der Waals surface area (Å²) in [5.41, 5.74) is 1.07. The van der Waals surface area contributed by atoms with Crippen LogP contribution >= 0.6 is 0 Å². The Kier molecular flexibility index (Phi) is 11.9. The Balaban J connectivity index is 3.19. The molecule has 1 aromatic carbocycles. The second-order valence-corrected chi connectivity index (χ2v) is 8.80. The largest absolute Gasteiger partial charge is 0.508 e. The van der Waals surface area contributed by atoms with Gasteiger partial charge in [0.25, 0.3) is 5.97 Å². The maximum Gasteiger partial charge on any atom is 0.290 e. The van der Waals surface area contributed by atoms with Gasteiger partial charge in [0.05, 0.1) is 24.2 Å². The molecule has 0 aromatic heterocycles. The predicted octanol–water partition coefficient (Wildman–Crippen LogP) is 7.16. The third-order valence-corrected chi connectivity index (χ3v) is 4.77. The van der Waals surface area contributed by atoms with E-state index in [2.05, 4.69) is 6.92 Å². The predicted molar refractivity (Wildman–Crippen MR) is 120 cm³/mol. The highest BCUT2D eigenvalue weighted by Gasteiger charge is 2.46. The minimum Gasteiger partial charge on any atom is -0.508 e. The van der Waals surface area contributed by atoms with Crippen LogP contribution in [0, 0.1) is 0 Å². The van der Waals surface area contributed by atoms with Crippen LogP contribution in [0.4, 0.5) is 0 Å². The highest BCUT2D eigenvalue weighted by Crippen LogP contribution is 2.41. The lowest BCUT2D eigenvalue weighted by Crippen LogP contribution is -2.49. The Morgan fingerprint density at radius 2 is 1.17 bits per heavy atom. The lowest BCUT2D eigenvalue weighted by atomic mass is 9.89. The van der Waals surface area contributed by atoms with Crippen molar-refractivity contribution in [2.24, 2.45) is 0 Å². The Morgan fingerprint density at radius 1 is 0.724 bits per heavy atom. The minimum atomic E-state index is -1.16. The lowest BCUT2D eigenvalue weighted by molar-refractivity contribution is -0.420. The topological polar surface area (TPSA) is 47.9 Å². The van der Waals surface area contributed by atoms with Crippen LogP contribution in [0.15, 0.2) is 24.3 Å². The SMILES string of the molecule is CCCCCCCCC(c1ccc(O)cc1)C(OC(C)C)(OC(C)C)OC(C)C. The van der Waals surface area contributed by atoms with Crippen LogP contribution in [0.5, 0.6) is 5.75 Å². The van der Waals surface area contributed by atoms with Gasteiger partial charge in [0.2, 0.25) is 0 Å². The molecule has 1 rings (SSSR count). The number of ether oxygens (including phenoxy) is 3. The van der Waals surface area contributed by atoms with Gasteiger partial charge in [-0.15, -0.1) is 0 Å². The van der Waals surface area contributed by atoms with Crippen LogP contribution in [0.1, 0.15) is 105 Å². The number of unbranched alkanes of at least 4 members (excludes halogenated alkanes) is 5. The number of benzene rings is 1. The summed E-state index contributed by atoms with van der Waals surface area (Å²) in [6.07, 6.45) is 8.15. The van der Waals surface area contributed by atoms with E-state index >= 15 is 0 Å². The molecule has 0 aliphatic rings. The van der Waals surface area contributed by atoms with E-state index in [1.807, 2.05) is 53.7 Å². The van der Waals surface area contributed by atoms with Crippen molar-refractivity contribution in [2.75, 3.05) is 0 Å². The van der Waals surface area contributed by atoms with Gasteiger partial charge in [-0.2, -0.15) is 0 Å². The van der Waals surface area contributed by atoms with Gasteiger partial charge in [0, 0.05) is 0 Å². The summed E-state index contributed by atoms with van der Waals surface area (Å²) in [6, 6.07) is 7.38. The van der Waals surface area contributed by atoms with Crippen molar-refractivity contribution in [3.8, 4) is 5.75 Å². The summed E-state index contributed by atoms with van der Waals surface area (Å²) >= 11 is 0. The monoisotopic (exact) mass is 408 g/mol. The van der Waals surface area contributed by atoms with E-state index in [0.29, 0.717) is 0 Å². The normalized spacial score (nSPS) is 13.6. The van der Waals surface area contributed by atoms with Gasteiger partial charge in [0.1, 0.15) is 5.75 Å². The first-order valence-electron chi connectivity index (χ1n) is 11.5. The van der Waals surface area contributed by atoms with Gasteiger partial charge in [0.15, 0.2) is 0 Å². The first kappa shape index (κ1) is 25.9. The van der Waals surface area contributed by atoms with Crippen LogP contribution in [-0.2, 0) is 14.2 Å². The Morgan fingerprint density at radius 3 is 1.62 bits per heavy atom. The van der Waals surface area contributed by atoms with E-state index in [9.17, 15) is 5.11 Å². The number of phenolic OH excluding ortho intramolecular Hbond substituents is 1. The molecule has 0 spiro atoms. The van der Waals surface area contributed by atoms with Crippen LogP contribution in [0.2, 0.25) is 0 Å². The molecule has 1 N–H and O–H groups in total. The van der Waals surface area contributed by atoms with Gasteiger partial charge in [-0.25, -0.2) is 0 Å². The zero-order chi connectivity index (χ0) is 21.9. The smallest absolute Gasteiger partial charge is 0.290 e. The van der Waals surface area contributed by atoms with Crippen molar-refractivity contribution < 1.29 is 19.3 Å². The Hall–Kier alpha value is -1.10. The molecule has 1 unspecified atom stereocenters. The molecule has 0 saturated carbocycles. The van der Waals surface area contributed by atoms with Gasteiger partial charge in [-0.3, -0.25) is 0 Å². The van der Waals surface area contributed by atoms with Crippen LogP contribution < -0.4 is 0 Å².